The van der Waals surface area contributed by atoms with E-state index in [9.17, 15) is 19.2 Å². The van der Waals surface area contributed by atoms with Crippen LogP contribution >= 0.6 is 12.6 Å². The maximum absolute atomic E-state index is 12.3. The van der Waals surface area contributed by atoms with Gasteiger partial charge in [-0.2, -0.15) is 12.6 Å². The molecule has 0 aliphatic rings. The minimum Gasteiger partial charge on any atom is -0.480 e. The Morgan fingerprint density at radius 1 is 0.926 bits per heavy atom. The second kappa shape index (κ2) is 10.4. The third-order valence-corrected chi connectivity index (χ3v) is 3.22. The van der Waals surface area contributed by atoms with Crippen LogP contribution in [0.25, 0.3) is 0 Å². The smallest absolute Gasteiger partial charge is 0.408 e. The summed E-state index contributed by atoms with van der Waals surface area (Å²) in [6.07, 6.45) is -1.10. The number of carbonyl (C=O) groups is 4. The van der Waals surface area contributed by atoms with E-state index >= 15 is 0 Å². The van der Waals surface area contributed by atoms with Crippen molar-refractivity contribution in [2.75, 3.05) is 5.75 Å². The molecule has 0 fully saturated rings. The fraction of sp³-hybridized carbons (Fsp3) is 0.765. The van der Waals surface area contributed by atoms with Crippen LogP contribution in [0.3, 0.4) is 0 Å². The minimum atomic E-state index is -1.21. The average Bonchev–Trinajstić information content (AvgIpc) is 2.44. The van der Waals surface area contributed by atoms with Crippen LogP contribution in [0.4, 0.5) is 4.79 Å². The lowest BCUT2D eigenvalue weighted by atomic mass is 10.1. The maximum Gasteiger partial charge on any atom is 0.408 e. The van der Waals surface area contributed by atoms with Crippen molar-refractivity contribution in [3.63, 3.8) is 0 Å². The molecule has 0 radical (unpaired) electrons. The van der Waals surface area contributed by atoms with Crippen LogP contribution in [-0.2, 0) is 23.9 Å². The SMILES string of the molecule is CC(C)(C)OC(=O)NC(CCC(=O)NC(CS)C(=O)O)C(=O)OC(C)(C)C. The fourth-order valence-electron chi connectivity index (χ4n) is 1.80. The van der Waals surface area contributed by atoms with Gasteiger partial charge in [0.1, 0.15) is 23.3 Å². The molecule has 0 bridgehead atoms. The molecule has 156 valence electrons. The Bertz CT molecular complexity index is 552. The number of hydrogen-bond donors (Lipinski definition) is 4. The van der Waals surface area contributed by atoms with Crippen molar-refractivity contribution < 1.29 is 33.8 Å². The quantitative estimate of drug-likeness (QED) is 0.355. The molecule has 9 nitrogen and oxygen atoms in total. The molecule has 0 spiro atoms. The summed E-state index contributed by atoms with van der Waals surface area (Å²) >= 11 is 3.86. The second-order valence-corrected chi connectivity index (χ2v) is 8.28. The highest BCUT2D eigenvalue weighted by Gasteiger charge is 2.29. The first-order valence-electron chi connectivity index (χ1n) is 8.50. The molecule has 0 rings (SSSR count). The van der Waals surface area contributed by atoms with E-state index in [0.717, 1.165) is 0 Å². The number of ether oxygens (including phenoxy) is 2. The summed E-state index contributed by atoms with van der Waals surface area (Å²) in [5, 5.41) is 13.6. The number of thiol groups is 1. The van der Waals surface area contributed by atoms with Gasteiger partial charge in [-0.05, 0) is 48.0 Å². The molecule has 0 aliphatic heterocycles. The number of rotatable bonds is 8. The summed E-state index contributed by atoms with van der Waals surface area (Å²) in [4.78, 5) is 47.2. The first kappa shape index (κ1) is 25.0. The van der Waals surface area contributed by atoms with E-state index < -0.39 is 47.2 Å². The zero-order valence-electron chi connectivity index (χ0n) is 16.6. The van der Waals surface area contributed by atoms with Crippen molar-refractivity contribution in [3.8, 4) is 0 Å². The number of esters is 1. The number of amides is 2. The normalized spacial score (nSPS) is 13.9. The van der Waals surface area contributed by atoms with Gasteiger partial charge >= 0.3 is 18.0 Å². The molecule has 2 unspecified atom stereocenters. The Morgan fingerprint density at radius 2 is 1.44 bits per heavy atom. The van der Waals surface area contributed by atoms with Crippen molar-refractivity contribution in [2.45, 2.75) is 77.7 Å². The van der Waals surface area contributed by atoms with Gasteiger partial charge in [-0.15, -0.1) is 0 Å². The van der Waals surface area contributed by atoms with Gasteiger partial charge in [0.25, 0.3) is 0 Å². The van der Waals surface area contributed by atoms with Crippen LogP contribution in [0.15, 0.2) is 0 Å². The lowest BCUT2D eigenvalue weighted by Crippen LogP contribution is -2.47. The van der Waals surface area contributed by atoms with Gasteiger partial charge in [0, 0.05) is 12.2 Å². The van der Waals surface area contributed by atoms with Gasteiger partial charge in [0.2, 0.25) is 5.91 Å². The lowest BCUT2D eigenvalue weighted by Gasteiger charge is -2.26. The molecule has 0 aromatic carbocycles. The van der Waals surface area contributed by atoms with Gasteiger partial charge in [-0.3, -0.25) is 4.79 Å². The molecule has 0 heterocycles. The van der Waals surface area contributed by atoms with Crippen LogP contribution in [0.5, 0.6) is 0 Å². The molecule has 27 heavy (non-hydrogen) atoms. The molecular formula is C17H30N2O7S. The number of carboxylic acids is 1. The van der Waals surface area contributed by atoms with E-state index in [1.54, 1.807) is 41.5 Å². The van der Waals surface area contributed by atoms with Crippen LogP contribution in [0, 0.1) is 0 Å². The third kappa shape index (κ3) is 12.1. The highest BCUT2D eigenvalue weighted by Crippen LogP contribution is 2.12. The molecule has 2 amide bonds. The number of nitrogens with one attached hydrogen (secondary N) is 2. The van der Waals surface area contributed by atoms with Gasteiger partial charge in [-0.25, -0.2) is 14.4 Å². The largest absolute Gasteiger partial charge is 0.480 e. The van der Waals surface area contributed by atoms with Crippen LogP contribution < -0.4 is 10.6 Å². The van der Waals surface area contributed by atoms with Crippen molar-refractivity contribution >= 4 is 36.6 Å². The highest BCUT2D eigenvalue weighted by molar-refractivity contribution is 7.80. The van der Waals surface area contributed by atoms with Crippen LogP contribution in [0.2, 0.25) is 0 Å². The molecular weight excluding hydrogens is 376 g/mol. The zero-order chi connectivity index (χ0) is 21.4. The van der Waals surface area contributed by atoms with E-state index in [2.05, 4.69) is 23.3 Å². The third-order valence-electron chi connectivity index (χ3n) is 2.86. The molecule has 0 aromatic heterocycles. The van der Waals surface area contributed by atoms with E-state index in [1.807, 2.05) is 0 Å². The van der Waals surface area contributed by atoms with Crippen molar-refractivity contribution in [1.29, 1.82) is 0 Å². The van der Waals surface area contributed by atoms with E-state index in [-0.39, 0.29) is 18.6 Å². The molecule has 10 heteroatoms. The van der Waals surface area contributed by atoms with Gasteiger partial charge in [-0.1, -0.05) is 0 Å². The maximum atomic E-state index is 12.3. The molecule has 0 aliphatic carbocycles. The van der Waals surface area contributed by atoms with Crippen molar-refractivity contribution in [3.05, 3.63) is 0 Å². The number of carboxylic acid groups (broad SMARTS) is 1. The number of hydrogen-bond acceptors (Lipinski definition) is 7. The molecule has 3 N–H and O–H groups in total. The first-order valence-corrected chi connectivity index (χ1v) is 9.13. The molecule has 2 atom stereocenters. The summed E-state index contributed by atoms with van der Waals surface area (Å²) < 4.78 is 10.4. The Hall–Kier alpha value is -1.97. The fourth-order valence-corrected chi connectivity index (χ4v) is 2.05. The lowest BCUT2D eigenvalue weighted by molar-refractivity contribution is -0.157. The van der Waals surface area contributed by atoms with Crippen LogP contribution in [0.1, 0.15) is 54.4 Å². The standard InChI is InChI=1S/C17H30N2O7S/c1-16(2,3)25-14(23)10(19-15(24)26-17(4,5)6)7-8-12(20)18-11(9-27)13(21)22/h10-11,27H,7-9H2,1-6H3,(H,18,20)(H,19,24)(H,21,22). The van der Waals surface area contributed by atoms with E-state index in [0.29, 0.717) is 0 Å². The topological polar surface area (TPSA) is 131 Å². The summed E-state index contributed by atoms with van der Waals surface area (Å²) in [5.41, 5.74) is -1.55. The van der Waals surface area contributed by atoms with E-state index in [1.165, 1.54) is 0 Å². The predicted molar refractivity (Wildman–Crippen MR) is 102 cm³/mol. The monoisotopic (exact) mass is 406 g/mol. The number of aliphatic carboxylic acids is 1. The number of carbonyl (C=O) groups excluding carboxylic acids is 3. The minimum absolute atomic E-state index is 0.0767. The van der Waals surface area contributed by atoms with Crippen LogP contribution in [-0.4, -0.2) is 58.1 Å². The summed E-state index contributed by atoms with van der Waals surface area (Å²) in [7, 11) is 0. The Labute approximate surface area is 165 Å². The molecule has 0 saturated heterocycles. The molecule has 0 aromatic rings. The highest BCUT2D eigenvalue weighted by atomic mass is 32.1. The van der Waals surface area contributed by atoms with Gasteiger partial charge in [0.15, 0.2) is 0 Å². The average molecular weight is 407 g/mol. The van der Waals surface area contributed by atoms with Crippen molar-refractivity contribution in [2.24, 2.45) is 0 Å². The Morgan fingerprint density at radius 3 is 1.85 bits per heavy atom. The second-order valence-electron chi connectivity index (χ2n) is 7.91. The van der Waals surface area contributed by atoms with E-state index in [4.69, 9.17) is 14.6 Å². The predicted octanol–water partition coefficient (Wildman–Crippen LogP) is 1.50. The van der Waals surface area contributed by atoms with Gasteiger partial charge in [0.05, 0.1) is 0 Å². The van der Waals surface area contributed by atoms with Gasteiger partial charge < -0.3 is 25.2 Å². The zero-order valence-corrected chi connectivity index (χ0v) is 17.5. The summed E-state index contributed by atoms with van der Waals surface area (Å²) in [6, 6.07) is -2.26. The van der Waals surface area contributed by atoms with Crippen molar-refractivity contribution in [1.82, 2.24) is 10.6 Å². The summed E-state index contributed by atoms with van der Waals surface area (Å²) in [6.45, 7) is 10.0. The first-order chi connectivity index (χ1) is 12.1. The number of alkyl carbamates (subject to hydrolysis) is 1. The summed E-state index contributed by atoms with van der Waals surface area (Å²) in [5.74, 6) is -2.60. The molecule has 0 saturated carbocycles. The Balaban J connectivity index is 4.98. The Kier molecular flexibility index (Phi) is 9.63.